The van der Waals surface area contributed by atoms with Gasteiger partial charge in [-0.25, -0.2) is 0 Å². The minimum atomic E-state index is -0.264. The molecular formula is C14H16O4. The molecule has 1 aliphatic carbocycles. The van der Waals surface area contributed by atoms with Crippen LogP contribution in [0.3, 0.4) is 0 Å². The van der Waals surface area contributed by atoms with E-state index >= 15 is 0 Å². The largest absolute Gasteiger partial charge is 0.497 e. The predicted molar refractivity (Wildman–Crippen MR) is 63.3 cm³/mol. The zero-order valence-electron chi connectivity index (χ0n) is 10.2. The number of ether oxygens (including phenoxy) is 4. The maximum atomic E-state index is 6.04. The standard InChI is InChI=1S/C14H16O4/c1-15-10-4-2-8(3-5-10)14-16-7-9-6-11-13(17-11)12(9)18-14/h2-5,9,11-14H,6-7H2,1H3/t9?,11-,12?,13?,14?/m0/s1. The van der Waals surface area contributed by atoms with Crippen molar-refractivity contribution in [3.8, 4) is 5.75 Å². The number of epoxide rings is 1. The monoisotopic (exact) mass is 248 g/mol. The molecule has 2 heterocycles. The number of hydrogen-bond donors (Lipinski definition) is 0. The molecule has 2 aliphatic heterocycles. The molecule has 3 aliphatic rings. The highest BCUT2D eigenvalue weighted by Crippen LogP contribution is 2.48. The van der Waals surface area contributed by atoms with Gasteiger partial charge in [0, 0.05) is 11.5 Å². The summed E-state index contributed by atoms with van der Waals surface area (Å²) in [5, 5.41) is 0. The third-order valence-corrected chi connectivity index (χ3v) is 4.08. The van der Waals surface area contributed by atoms with E-state index in [0.717, 1.165) is 24.3 Å². The highest BCUT2D eigenvalue weighted by molar-refractivity contribution is 5.28. The van der Waals surface area contributed by atoms with E-state index in [4.69, 9.17) is 18.9 Å². The second-order valence-corrected chi connectivity index (χ2v) is 5.17. The van der Waals surface area contributed by atoms with Crippen LogP contribution < -0.4 is 4.74 Å². The molecule has 4 unspecified atom stereocenters. The van der Waals surface area contributed by atoms with Crippen molar-refractivity contribution in [3.63, 3.8) is 0 Å². The zero-order valence-corrected chi connectivity index (χ0v) is 10.2. The number of hydrogen-bond acceptors (Lipinski definition) is 4. The van der Waals surface area contributed by atoms with Gasteiger partial charge in [-0.3, -0.25) is 0 Å². The molecule has 0 radical (unpaired) electrons. The maximum Gasteiger partial charge on any atom is 0.184 e. The van der Waals surface area contributed by atoms with Gasteiger partial charge in [0.1, 0.15) is 11.9 Å². The highest BCUT2D eigenvalue weighted by Gasteiger charge is 2.58. The number of methoxy groups -OCH3 is 1. The molecule has 2 saturated heterocycles. The summed E-state index contributed by atoms with van der Waals surface area (Å²) in [6.07, 6.45) is 1.79. The maximum absolute atomic E-state index is 6.04. The summed E-state index contributed by atoms with van der Waals surface area (Å²) in [6, 6.07) is 7.84. The third-order valence-electron chi connectivity index (χ3n) is 4.08. The van der Waals surface area contributed by atoms with Crippen LogP contribution in [-0.4, -0.2) is 32.0 Å². The molecule has 5 atom stereocenters. The molecule has 96 valence electrons. The Morgan fingerprint density at radius 2 is 1.94 bits per heavy atom. The Balaban J connectivity index is 1.51. The Morgan fingerprint density at radius 3 is 2.72 bits per heavy atom. The van der Waals surface area contributed by atoms with Crippen LogP contribution >= 0.6 is 0 Å². The molecule has 4 heteroatoms. The Bertz CT molecular complexity index is 444. The van der Waals surface area contributed by atoms with Crippen molar-refractivity contribution >= 4 is 0 Å². The van der Waals surface area contributed by atoms with Crippen molar-refractivity contribution in [1.82, 2.24) is 0 Å². The van der Waals surface area contributed by atoms with E-state index in [1.807, 2.05) is 24.3 Å². The molecule has 4 rings (SSSR count). The number of rotatable bonds is 2. The molecule has 4 nitrogen and oxygen atoms in total. The summed E-state index contributed by atoms with van der Waals surface area (Å²) in [5.74, 6) is 1.36. The van der Waals surface area contributed by atoms with E-state index in [1.165, 1.54) is 0 Å². The summed E-state index contributed by atoms with van der Waals surface area (Å²) in [5.41, 5.74) is 1.04. The van der Waals surface area contributed by atoms with E-state index in [0.29, 0.717) is 18.1 Å². The van der Waals surface area contributed by atoms with Crippen LogP contribution in [0.1, 0.15) is 18.3 Å². The van der Waals surface area contributed by atoms with Gasteiger partial charge < -0.3 is 18.9 Å². The quantitative estimate of drug-likeness (QED) is 0.749. The average molecular weight is 248 g/mol. The third kappa shape index (κ3) is 1.64. The Morgan fingerprint density at radius 1 is 1.11 bits per heavy atom. The first-order valence-electron chi connectivity index (χ1n) is 6.41. The van der Waals surface area contributed by atoms with Crippen molar-refractivity contribution in [3.05, 3.63) is 29.8 Å². The van der Waals surface area contributed by atoms with Gasteiger partial charge in [-0.05, 0) is 18.6 Å². The molecule has 0 spiro atoms. The summed E-state index contributed by atoms with van der Waals surface area (Å²) in [6.45, 7) is 0.776. The highest BCUT2D eigenvalue weighted by atomic mass is 16.7. The lowest BCUT2D eigenvalue weighted by atomic mass is 10.0. The first kappa shape index (κ1) is 10.8. The molecule has 0 aromatic heterocycles. The lowest BCUT2D eigenvalue weighted by Crippen LogP contribution is -2.36. The van der Waals surface area contributed by atoms with E-state index in [-0.39, 0.29) is 12.4 Å². The van der Waals surface area contributed by atoms with E-state index < -0.39 is 0 Å². The molecule has 1 aromatic rings. The smallest absolute Gasteiger partial charge is 0.184 e. The van der Waals surface area contributed by atoms with Gasteiger partial charge in [0.2, 0.25) is 0 Å². The Kier molecular flexibility index (Phi) is 2.37. The molecule has 0 amide bonds. The fourth-order valence-electron chi connectivity index (χ4n) is 3.02. The van der Waals surface area contributed by atoms with Crippen LogP contribution in [0.5, 0.6) is 5.75 Å². The van der Waals surface area contributed by atoms with Crippen LogP contribution in [-0.2, 0) is 14.2 Å². The van der Waals surface area contributed by atoms with Crippen LogP contribution in [0.2, 0.25) is 0 Å². The lowest BCUT2D eigenvalue weighted by molar-refractivity contribution is -0.243. The van der Waals surface area contributed by atoms with Crippen LogP contribution in [0.4, 0.5) is 0 Å². The summed E-state index contributed by atoms with van der Waals surface area (Å²) >= 11 is 0. The van der Waals surface area contributed by atoms with Crippen molar-refractivity contribution in [2.75, 3.05) is 13.7 Å². The molecule has 18 heavy (non-hydrogen) atoms. The molecule has 3 fully saturated rings. The van der Waals surface area contributed by atoms with E-state index in [9.17, 15) is 0 Å². The van der Waals surface area contributed by atoms with Gasteiger partial charge in [-0.2, -0.15) is 0 Å². The fourth-order valence-corrected chi connectivity index (χ4v) is 3.02. The van der Waals surface area contributed by atoms with Gasteiger partial charge in [0.05, 0.1) is 25.9 Å². The number of fused-ring (bicyclic) bond motifs is 3. The van der Waals surface area contributed by atoms with Crippen LogP contribution in [0, 0.1) is 5.92 Å². The van der Waals surface area contributed by atoms with Gasteiger partial charge in [0.15, 0.2) is 6.29 Å². The average Bonchev–Trinajstić information content (AvgIpc) is 3.11. The summed E-state index contributed by atoms with van der Waals surface area (Å²) in [7, 11) is 1.66. The first-order chi connectivity index (χ1) is 8.85. The molecule has 1 aromatic carbocycles. The second kappa shape index (κ2) is 3.95. The van der Waals surface area contributed by atoms with Crippen LogP contribution in [0.15, 0.2) is 24.3 Å². The normalized spacial score (nSPS) is 41.1. The topological polar surface area (TPSA) is 40.2 Å². The zero-order chi connectivity index (χ0) is 12.1. The Labute approximate surface area is 106 Å². The minimum absolute atomic E-state index is 0.218. The van der Waals surface area contributed by atoms with Gasteiger partial charge in [0.25, 0.3) is 0 Å². The molecule has 1 saturated carbocycles. The Hall–Kier alpha value is -1.10. The lowest BCUT2D eigenvalue weighted by Gasteiger charge is -2.33. The number of benzene rings is 1. The van der Waals surface area contributed by atoms with Gasteiger partial charge in [-0.15, -0.1) is 0 Å². The predicted octanol–water partition coefficient (Wildman–Crippen LogP) is 1.90. The minimum Gasteiger partial charge on any atom is -0.497 e. The molecule has 0 bridgehead atoms. The van der Waals surface area contributed by atoms with Crippen molar-refractivity contribution in [1.29, 1.82) is 0 Å². The SMILES string of the molecule is COc1ccc(C2OCC3C[C@@H]4OC4C3O2)cc1. The van der Waals surface area contributed by atoms with E-state index in [2.05, 4.69) is 0 Å². The van der Waals surface area contributed by atoms with Crippen molar-refractivity contribution in [2.24, 2.45) is 5.92 Å². The fraction of sp³-hybridized carbons (Fsp3) is 0.571. The summed E-state index contributed by atoms with van der Waals surface area (Å²) < 4.78 is 22.5. The van der Waals surface area contributed by atoms with Crippen molar-refractivity contribution in [2.45, 2.75) is 31.0 Å². The van der Waals surface area contributed by atoms with Gasteiger partial charge >= 0.3 is 0 Å². The first-order valence-corrected chi connectivity index (χ1v) is 6.41. The van der Waals surface area contributed by atoms with Crippen molar-refractivity contribution < 1.29 is 18.9 Å². The molecule has 0 N–H and O–H groups in total. The second-order valence-electron chi connectivity index (χ2n) is 5.17. The summed E-state index contributed by atoms with van der Waals surface area (Å²) in [4.78, 5) is 0. The molecular weight excluding hydrogens is 232 g/mol. The van der Waals surface area contributed by atoms with E-state index in [1.54, 1.807) is 7.11 Å². The van der Waals surface area contributed by atoms with Gasteiger partial charge in [-0.1, -0.05) is 12.1 Å². The van der Waals surface area contributed by atoms with Crippen LogP contribution in [0.25, 0.3) is 0 Å².